The molecule has 12 heavy (non-hydrogen) atoms. The summed E-state index contributed by atoms with van der Waals surface area (Å²) < 4.78 is 0. The maximum atomic E-state index is 8.73. The molecular weight excluding hydrogens is 150 g/mol. The van der Waals surface area contributed by atoms with E-state index in [4.69, 9.17) is 5.11 Å². The Hall–Kier alpha value is -0.0800. The van der Waals surface area contributed by atoms with Crippen molar-refractivity contribution in [2.24, 2.45) is 5.41 Å². The minimum atomic E-state index is 0.289. The van der Waals surface area contributed by atoms with Crippen LogP contribution in [0.25, 0.3) is 0 Å². The number of nitrogens with one attached hydrogen (secondary N) is 1. The normalized spacial score (nSPS) is 25.0. The molecule has 0 aliphatic heterocycles. The lowest BCUT2D eigenvalue weighted by Gasteiger charge is -2.24. The summed E-state index contributed by atoms with van der Waals surface area (Å²) in [6.45, 7) is 7.01. The van der Waals surface area contributed by atoms with Crippen molar-refractivity contribution in [1.82, 2.24) is 5.32 Å². The van der Waals surface area contributed by atoms with Gasteiger partial charge in [0.25, 0.3) is 0 Å². The molecule has 0 amide bonds. The second-order valence-electron chi connectivity index (χ2n) is 4.46. The van der Waals surface area contributed by atoms with Crippen LogP contribution in [0.3, 0.4) is 0 Å². The van der Waals surface area contributed by atoms with Crippen LogP contribution in [-0.4, -0.2) is 23.8 Å². The van der Waals surface area contributed by atoms with Gasteiger partial charge in [-0.1, -0.05) is 6.92 Å². The quantitative estimate of drug-likeness (QED) is 0.657. The summed E-state index contributed by atoms with van der Waals surface area (Å²) >= 11 is 0. The molecule has 0 bridgehead atoms. The Morgan fingerprint density at radius 2 is 2.00 bits per heavy atom. The van der Waals surface area contributed by atoms with Crippen LogP contribution in [0.5, 0.6) is 0 Å². The largest absolute Gasteiger partial charge is 0.396 e. The molecular formula is C10H21NO. The number of aliphatic hydroxyl groups is 1. The van der Waals surface area contributed by atoms with Crippen molar-refractivity contribution in [1.29, 1.82) is 0 Å². The first kappa shape index (κ1) is 10.0. The van der Waals surface area contributed by atoms with Crippen LogP contribution in [0.4, 0.5) is 0 Å². The Bertz CT molecular complexity index is 143. The summed E-state index contributed by atoms with van der Waals surface area (Å²) in [6, 6.07) is 1.04. The maximum Gasteiger partial charge on any atom is 0.0445 e. The average Bonchev–Trinajstić information content (AvgIpc) is 2.69. The molecule has 0 aromatic heterocycles. The molecule has 1 aliphatic carbocycles. The second kappa shape index (κ2) is 3.75. The summed E-state index contributed by atoms with van der Waals surface area (Å²) in [7, 11) is 0. The van der Waals surface area contributed by atoms with E-state index in [2.05, 4.69) is 26.1 Å². The molecule has 0 heterocycles. The van der Waals surface area contributed by atoms with Gasteiger partial charge in [0, 0.05) is 18.7 Å². The van der Waals surface area contributed by atoms with Crippen molar-refractivity contribution in [2.75, 3.05) is 6.61 Å². The van der Waals surface area contributed by atoms with Gasteiger partial charge in [0.1, 0.15) is 0 Å². The van der Waals surface area contributed by atoms with Crippen molar-refractivity contribution in [3.63, 3.8) is 0 Å². The predicted molar refractivity (Wildman–Crippen MR) is 51.1 cm³/mol. The van der Waals surface area contributed by atoms with Crippen molar-refractivity contribution in [3.05, 3.63) is 0 Å². The SMILES string of the molecule is CC(CCO)NC(C)C1(C)CC1. The third-order valence-electron chi connectivity index (χ3n) is 3.18. The zero-order valence-electron chi connectivity index (χ0n) is 8.43. The smallest absolute Gasteiger partial charge is 0.0445 e. The monoisotopic (exact) mass is 171 g/mol. The molecule has 2 N–H and O–H groups in total. The van der Waals surface area contributed by atoms with Crippen LogP contribution >= 0.6 is 0 Å². The van der Waals surface area contributed by atoms with E-state index in [0.29, 0.717) is 17.5 Å². The molecule has 72 valence electrons. The zero-order valence-corrected chi connectivity index (χ0v) is 8.43. The van der Waals surface area contributed by atoms with Gasteiger partial charge in [0.15, 0.2) is 0 Å². The summed E-state index contributed by atoms with van der Waals surface area (Å²) in [5.41, 5.74) is 0.545. The molecule has 1 saturated carbocycles. The standard InChI is InChI=1S/C10H21NO/c1-8(4-7-12)11-9(2)10(3)5-6-10/h8-9,11-12H,4-7H2,1-3H3. The molecule has 2 atom stereocenters. The Kier molecular flexibility index (Phi) is 3.13. The Labute approximate surface area is 75.4 Å². The van der Waals surface area contributed by atoms with E-state index in [1.54, 1.807) is 0 Å². The van der Waals surface area contributed by atoms with Gasteiger partial charge in [0.05, 0.1) is 0 Å². The van der Waals surface area contributed by atoms with Gasteiger partial charge < -0.3 is 10.4 Å². The van der Waals surface area contributed by atoms with E-state index in [1.165, 1.54) is 12.8 Å². The summed E-state index contributed by atoms with van der Waals surface area (Å²) in [6.07, 6.45) is 3.57. The van der Waals surface area contributed by atoms with Crippen LogP contribution < -0.4 is 5.32 Å². The van der Waals surface area contributed by atoms with Gasteiger partial charge in [-0.05, 0) is 38.5 Å². The van der Waals surface area contributed by atoms with Gasteiger partial charge in [-0.2, -0.15) is 0 Å². The van der Waals surface area contributed by atoms with Crippen LogP contribution in [-0.2, 0) is 0 Å². The van der Waals surface area contributed by atoms with E-state index >= 15 is 0 Å². The van der Waals surface area contributed by atoms with Crippen molar-refractivity contribution < 1.29 is 5.11 Å². The first-order valence-electron chi connectivity index (χ1n) is 4.95. The Morgan fingerprint density at radius 1 is 1.42 bits per heavy atom. The second-order valence-corrected chi connectivity index (χ2v) is 4.46. The van der Waals surface area contributed by atoms with E-state index in [1.807, 2.05) is 0 Å². The fraction of sp³-hybridized carbons (Fsp3) is 1.00. The molecule has 2 unspecified atom stereocenters. The third-order valence-corrected chi connectivity index (χ3v) is 3.18. The van der Waals surface area contributed by atoms with Crippen molar-refractivity contribution >= 4 is 0 Å². The summed E-state index contributed by atoms with van der Waals surface area (Å²) in [5.74, 6) is 0. The topological polar surface area (TPSA) is 32.3 Å². The first-order chi connectivity index (χ1) is 5.58. The van der Waals surface area contributed by atoms with Gasteiger partial charge >= 0.3 is 0 Å². The Balaban J connectivity index is 2.21. The fourth-order valence-electron chi connectivity index (χ4n) is 1.54. The molecule has 0 radical (unpaired) electrons. The highest BCUT2D eigenvalue weighted by Crippen LogP contribution is 2.48. The van der Waals surface area contributed by atoms with E-state index in [-0.39, 0.29) is 6.61 Å². The molecule has 2 heteroatoms. The lowest BCUT2D eigenvalue weighted by Crippen LogP contribution is -2.39. The third kappa shape index (κ3) is 2.46. The van der Waals surface area contributed by atoms with E-state index < -0.39 is 0 Å². The van der Waals surface area contributed by atoms with Gasteiger partial charge in [-0.15, -0.1) is 0 Å². The van der Waals surface area contributed by atoms with Crippen molar-refractivity contribution in [3.8, 4) is 0 Å². The van der Waals surface area contributed by atoms with Gasteiger partial charge in [-0.3, -0.25) is 0 Å². The molecule has 0 aromatic rings. The van der Waals surface area contributed by atoms with Crippen LogP contribution in [0, 0.1) is 5.41 Å². The highest BCUT2D eigenvalue weighted by atomic mass is 16.3. The number of rotatable bonds is 5. The van der Waals surface area contributed by atoms with Crippen LogP contribution in [0.2, 0.25) is 0 Å². The number of aliphatic hydroxyl groups excluding tert-OH is 1. The van der Waals surface area contributed by atoms with Gasteiger partial charge in [0.2, 0.25) is 0 Å². The number of hydrogen-bond acceptors (Lipinski definition) is 2. The summed E-state index contributed by atoms with van der Waals surface area (Å²) in [5, 5.41) is 12.3. The van der Waals surface area contributed by atoms with Crippen molar-refractivity contribution in [2.45, 2.75) is 52.1 Å². The average molecular weight is 171 g/mol. The van der Waals surface area contributed by atoms with Gasteiger partial charge in [-0.25, -0.2) is 0 Å². The lowest BCUT2D eigenvalue weighted by atomic mass is 10.00. The number of hydrogen-bond donors (Lipinski definition) is 2. The van der Waals surface area contributed by atoms with Crippen LogP contribution in [0.1, 0.15) is 40.0 Å². The highest BCUT2D eigenvalue weighted by molar-refractivity contribution is 4.97. The molecule has 0 saturated heterocycles. The predicted octanol–water partition coefficient (Wildman–Crippen LogP) is 1.54. The van der Waals surface area contributed by atoms with Crippen LogP contribution in [0.15, 0.2) is 0 Å². The minimum Gasteiger partial charge on any atom is -0.396 e. The lowest BCUT2D eigenvalue weighted by molar-refractivity contribution is 0.252. The first-order valence-corrected chi connectivity index (χ1v) is 4.95. The minimum absolute atomic E-state index is 0.289. The summed E-state index contributed by atoms with van der Waals surface area (Å²) in [4.78, 5) is 0. The Morgan fingerprint density at radius 3 is 2.42 bits per heavy atom. The molecule has 0 aromatic carbocycles. The molecule has 1 fully saturated rings. The molecule has 1 aliphatic rings. The molecule has 1 rings (SSSR count). The van der Waals surface area contributed by atoms with E-state index in [0.717, 1.165) is 6.42 Å². The highest BCUT2D eigenvalue weighted by Gasteiger charge is 2.42. The molecule has 0 spiro atoms. The zero-order chi connectivity index (χ0) is 9.19. The molecule has 2 nitrogen and oxygen atoms in total. The maximum absolute atomic E-state index is 8.73. The fourth-order valence-corrected chi connectivity index (χ4v) is 1.54. The van der Waals surface area contributed by atoms with E-state index in [9.17, 15) is 0 Å².